The number of fused-ring (bicyclic) bond motifs is 2. The van der Waals surface area contributed by atoms with Gasteiger partial charge < -0.3 is 24.4 Å². The molecule has 198 valence electrons. The number of carbonyl (C=O) groups is 1. The largest absolute Gasteiger partial charge is 0.457 e. The zero-order valence-corrected chi connectivity index (χ0v) is 22.4. The molecule has 0 bridgehead atoms. The minimum Gasteiger partial charge on any atom is -0.457 e. The third-order valence-corrected chi connectivity index (χ3v) is 7.27. The first kappa shape index (κ1) is 24.8. The lowest BCUT2D eigenvalue weighted by Crippen LogP contribution is -2.47. The number of likely N-dealkylation sites (N-methyl/N-ethyl adjacent to an activating group) is 1. The summed E-state index contributed by atoms with van der Waals surface area (Å²) in [6.45, 7) is 5.38. The highest BCUT2D eigenvalue weighted by molar-refractivity contribution is 5.92. The summed E-state index contributed by atoms with van der Waals surface area (Å²) in [6, 6.07) is 17.8. The van der Waals surface area contributed by atoms with Crippen LogP contribution >= 0.6 is 0 Å². The molecule has 3 heterocycles. The first-order valence-electron chi connectivity index (χ1n) is 13.1. The van der Waals surface area contributed by atoms with Gasteiger partial charge in [-0.3, -0.25) is 4.79 Å². The molecule has 2 aromatic heterocycles. The average molecular weight is 522 g/mol. The molecular formula is C30H31N7O2. The van der Waals surface area contributed by atoms with Crippen LogP contribution in [0, 0.1) is 6.92 Å². The molecule has 0 spiro atoms. The van der Waals surface area contributed by atoms with Crippen molar-refractivity contribution in [1.82, 2.24) is 29.3 Å². The Hall–Kier alpha value is -4.50. The minimum atomic E-state index is 0.155. The van der Waals surface area contributed by atoms with Gasteiger partial charge in [0, 0.05) is 50.4 Å². The number of anilines is 2. The highest BCUT2D eigenvalue weighted by Crippen LogP contribution is 2.31. The first-order chi connectivity index (χ1) is 18.9. The van der Waals surface area contributed by atoms with E-state index in [-0.39, 0.29) is 5.91 Å². The van der Waals surface area contributed by atoms with E-state index in [0.29, 0.717) is 12.2 Å². The van der Waals surface area contributed by atoms with Gasteiger partial charge in [0.15, 0.2) is 0 Å². The van der Waals surface area contributed by atoms with Crippen LogP contribution in [0.25, 0.3) is 21.9 Å². The van der Waals surface area contributed by atoms with Crippen molar-refractivity contribution in [3.63, 3.8) is 0 Å². The van der Waals surface area contributed by atoms with Gasteiger partial charge in [0.25, 0.3) is 0 Å². The maximum atomic E-state index is 12.9. The normalized spacial score (nSPS) is 14.2. The Balaban J connectivity index is 1.19. The Morgan fingerprint density at radius 1 is 0.923 bits per heavy atom. The Morgan fingerprint density at radius 2 is 1.77 bits per heavy atom. The maximum Gasteiger partial charge on any atom is 0.227 e. The topological polar surface area (TPSA) is 88.4 Å². The molecule has 1 aliphatic heterocycles. The van der Waals surface area contributed by atoms with Gasteiger partial charge in [-0.2, -0.15) is 0 Å². The van der Waals surface area contributed by atoms with E-state index in [2.05, 4.69) is 32.2 Å². The van der Waals surface area contributed by atoms with E-state index in [0.717, 1.165) is 76.4 Å². The molecule has 9 heteroatoms. The van der Waals surface area contributed by atoms with Crippen LogP contribution in [0.4, 0.5) is 11.5 Å². The van der Waals surface area contributed by atoms with Crippen LogP contribution in [-0.4, -0.2) is 68.5 Å². The molecule has 1 aliphatic rings. The van der Waals surface area contributed by atoms with E-state index in [1.807, 2.05) is 78.0 Å². The monoisotopic (exact) mass is 521 g/mol. The molecule has 0 radical (unpaired) electrons. The summed E-state index contributed by atoms with van der Waals surface area (Å²) in [5, 5.41) is 4.31. The van der Waals surface area contributed by atoms with Crippen LogP contribution in [0.15, 0.2) is 67.3 Å². The van der Waals surface area contributed by atoms with E-state index in [1.54, 1.807) is 12.7 Å². The van der Waals surface area contributed by atoms with Crippen molar-refractivity contribution < 1.29 is 9.53 Å². The molecule has 1 amide bonds. The third-order valence-electron chi connectivity index (χ3n) is 7.27. The van der Waals surface area contributed by atoms with E-state index in [9.17, 15) is 4.79 Å². The zero-order chi connectivity index (χ0) is 26.9. The number of aromatic nitrogens is 4. The fourth-order valence-corrected chi connectivity index (χ4v) is 4.94. The van der Waals surface area contributed by atoms with Gasteiger partial charge in [0.1, 0.15) is 23.6 Å². The molecule has 0 saturated carbocycles. The second kappa shape index (κ2) is 10.3. The Labute approximate surface area is 227 Å². The molecule has 6 rings (SSSR count). The molecule has 0 aliphatic carbocycles. The number of hydrogen-bond donors (Lipinski definition) is 1. The highest BCUT2D eigenvalue weighted by Gasteiger charge is 2.19. The van der Waals surface area contributed by atoms with Crippen molar-refractivity contribution in [1.29, 1.82) is 0 Å². The molecule has 1 fully saturated rings. The van der Waals surface area contributed by atoms with Crippen LogP contribution in [0.2, 0.25) is 0 Å². The highest BCUT2D eigenvalue weighted by atomic mass is 16.5. The number of nitrogens with one attached hydrogen (secondary N) is 1. The molecule has 39 heavy (non-hydrogen) atoms. The minimum absolute atomic E-state index is 0.155. The predicted octanol–water partition coefficient (Wildman–Crippen LogP) is 4.68. The number of benzene rings is 3. The second-order valence-corrected chi connectivity index (χ2v) is 10.1. The van der Waals surface area contributed by atoms with Crippen LogP contribution in [-0.2, 0) is 18.3 Å². The number of aryl methyl sites for hydroxylation is 2. The summed E-state index contributed by atoms with van der Waals surface area (Å²) in [5.41, 5.74) is 5.60. The molecule has 1 saturated heterocycles. The Morgan fingerprint density at radius 3 is 2.59 bits per heavy atom. The van der Waals surface area contributed by atoms with Crippen LogP contribution in [0.5, 0.6) is 11.5 Å². The van der Waals surface area contributed by atoms with Crippen LogP contribution in [0.1, 0.15) is 11.1 Å². The SMILES string of the molecule is Cc1cc(Nc2ncnc3ccc(CC(=O)N4CCN(C)CC4)cc23)ccc1Oc1ccc2c(c1)ncn2C. The fourth-order valence-electron chi connectivity index (χ4n) is 4.94. The number of rotatable bonds is 6. The number of imidazole rings is 1. The molecule has 1 N–H and O–H groups in total. The van der Waals surface area contributed by atoms with Crippen molar-refractivity contribution in [2.24, 2.45) is 7.05 Å². The van der Waals surface area contributed by atoms with E-state index >= 15 is 0 Å². The molecule has 9 nitrogen and oxygen atoms in total. The molecule has 3 aromatic carbocycles. The average Bonchev–Trinajstić information content (AvgIpc) is 3.30. The molecule has 0 atom stereocenters. The molecular weight excluding hydrogens is 490 g/mol. The number of nitrogens with zero attached hydrogens (tertiary/aromatic N) is 6. The van der Waals surface area contributed by atoms with Crippen LogP contribution < -0.4 is 10.1 Å². The second-order valence-electron chi connectivity index (χ2n) is 10.1. The quantitative estimate of drug-likeness (QED) is 0.347. The summed E-state index contributed by atoms with van der Waals surface area (Å²) in [4.78, 5) is 30.4. The van der Waals surface area contributed by atoms with Gasteiger partial charge in [0.05, 0.1) is 29.3 Å². The zero-order valence-electron chi connectivity index (χ0n) is 22.4. The van der Waals surface area contributed by atoms with E-state index in [1.165, 1.54) is 0 Å². The molecule has 5 aromatic rings. The van der Waals surface area contributed by atoms with Crippen molar-refractivity contribution in [2.75, 3.05) is 38.5 Å². The van der Waals surface area contributed by atoms with Gasteiger partial charge in [-0.25, -0.2) is 15.0 Å². The standard InChI is InChI=1S/C30H31N7O2/c1-20-14-22(5-9-28(20)39-23-6-8-27-26(17-23)33-19-36(27)3)34-30-24-15-21(4-7-25(24)31-18-32-30)16-29(38)37-12-10-35(2)11-13-37/h4-9,14-15,17-19H,10-13,16H2,1-3H3,(H,31,32,34). The van der Waals surface area contributed by atoms with Gasteiger partial charge in [0.2, 0.25) is 5.91 Å². The van der Waals surface area contributed by atoms with Crippen LogP contribution in [0.3, 0.4) is 0 Å². The number of hydrogen-bond acceptors (Lipinski definition) is 7. The Bertz CT molecular complexity index is 1670. The summed E-state index contributed by atoms with van der Waals surface area (Å²) in [6.07, 6.45) is 3.71. The first-order valence-corrected chi connectivity index (χ1v) is 13.1. The predicted molar refractivity (Wildman–Crippen MR) is 153 cm³/mol. The lowest BCUT2D eigenvalue weighted by Gasteiger charge is -2.32. The van der Waals surface area contributed by atoms with Crippen molar-refractivity contribution in [3.05, 3.63) is 78.4 Å². The van der Waals surface area contributed by atoms with Crippen molar-refractivity contribution >= 4 is 39.3 Å². The number of amides is 1. The smallest absolute Gasteiger partial charge is 0.227 e. The number of piperazine rings is 1. The van der Waals surface area contributed by atoms with E-state index in [4.69, 9.17) is 4.74 Å². The van der Waals surface area contributed by atoms with E-state index < -0.39 is 0 Å². The lowest BCUT2D eigenvalue weighted by molar-refractivity contribution is -0.132. The van der Waals surface area contributed by atoms with Crippen molar-refractivity contribution in [2.45, 2.75) is 13.3 Å². The number of ether oxygens (including phenoxy) is 1. The summed E-state index contributed by atoms with van der Waals surface area (Å²) in [7, 11) is 4.06. The van der Waals surface area contributed by atoms with Gasteiger partial charge >= 0.3 is 0 Å². The van der Waals surface area contributed by atoms with Gasteiger partial charge in [-0.15, -0.1) is 0 Å². The Kier molecular flexibility index (Phi) is 6.58. The fraction of sp³-hybridized carbons (Fsp3) is 0.267. The molecule has 0 unspecified atom stereocenters. The summed E-state index contributed by atoms with van der Waals surface area (Å²) < 4.78 is 8.15. The van der Waals surface area contributed by atoms with Gasteiger partial charge in [-0.05, 0) is 67.6 Å². The lowest BCUT2D eigenvalue weighted by atomic mass is 10.1. The van der Waals surface area contributed by atoms with Gasteiger partial charge in [-0.1, -0.05) is 6.07 Å². The summed E-state index contributed by atoms with van der Waals surface area (Å²) >= 11 is 0. The van der Waals surface area contributed by atoms with Crippen molar-refractivity contribution in [3.8, 4) is 11.5 Å². The third kappa shape index (κ3) is 5.26. The maximum absolute atomic E-state index is 12.9. The summed E-state index contributed by atoms with van der Waals surface area (Å²) in [5.74, 6) is 2.36. The number of carbonyl (C=O) groups excluding carboxylic acids is 1.